The molecule has 48 heavy (non-hydrogen) atoms. The van der Waals surface area contributed by atoms with Gasteiger partial charge in [0.15, 0.2) is 17.3 Å². The molecule has 6 rings (SSSR count). The first-order chi connectivity index (χ1) is 22.8. The van der Waals surface area contributed by atoms with Crippen molar-refractivity contribution in [3.8, 4) is 28.2 Å². The van der Waals surface area contributed by atoms with Crippen LogP contribution < -0.4 is 21.4 Å². The topological polar surface area (TPSA) is 155 Å². The number of amides is 1. The van der Waals surface area contributed by atoms with Gasteiger partial charge in [-0.05, 0) is 80.3 Å². The monoisotopic (exact) mass is 644 g/mol. The summed E-state index contributed by atoms with van der Waals surface area (Å²) in [6, 6.07) is 24.5. The van der Waals surface area contributed by atoms with E-state index < -0.39 is 11.0 Å². The molecule has 3 aromatic rings. The number of carbonyl (C=O) groups is 1. The van der Waals surface area contributed by atoms with Gasteiger partial charge in [-0.15, -0.1) is 0 Å². The van der Waals surface area contributed by atoms with Gasteiger partial charge in [-0.3, -0.25) is 25.7 Å². The summed E-state index contributed by atoms with van der Waals surface area (Å²) in [7, 11) is 0. The van der Waals surface area contributed by atoms with E-state index in [9.17, 15) is 14.7 Å². The van der Waals surface area contributed by atoms with Crippen LogP contribution in [0.1, 0.15) is 56.5 Å². The van der Waals surface area contributed by atoms with Crippen molar-refractivity contribution in [1.82, 2.24) is 15.5 Å². The molecule has 1 amide bonds. The largest absolute Gasteiger partial charge is 0.508 e. The van der Waals surface area contributed by atoms with Gasteiger partial charge >= 0.3 is 0 Å². The van der Waals surface area contributed by atoms with Gasteiger partial charge in [0.2, 0.25) is 0 Å². The maximum atomic E-state index is 14.2. The fourth-order valence-corrected chi connectivity index (χ4v) is 6.20. The van der Waals surface area contributed by atoms with Crippen molar-refractivity contribution in [3.63, 3.8) is 0 Å². The van der Waals surface area contributed by atoms with Gasteiger partial charge in [-0.1, -0.05) is 44.2 Å². The molecule has 246 valence electrons. The number of guanidine groups is 2. The van der Waals surface area contributed by atoms with Crippen molar-refractivity contribution in [3.05, 3.63) is 106 Å². The number of anilines is 1. The summed E-state index contributed by atoms with van der Waals surface area (Å²) < 4.78 is 6.02. The first-order valence-corrected chi connectivity index (χ1v) is 16.0. The fourth-order valence-electron chi connectivity index (χ4n) is 6.20. The summed E-state index contributed by atoms with van der Waals surface area (Å²) in [6.07, 6.45) is 2.11. The fraction of sp³-hybridized carbons (Fsp3) is 0.263. The van der Waals surface area contributed by atoms with Crippen molar-refractivity contribution in [1.29, 1.82) is 10.8 Å². The predicted molar refractivity (Wildman–Crippen MR) is 190 cm³/mol. The number of nitrogens with one attached hydrogen (secondary N) is 5. The van der Waals surface area contributed by atoms with E-state index in [2.05, 4.69) is 29.8 Å². The predicted octanol–water partition coefficient (Wildman–Crippen LogP) is 6.72. The summed E-state index contributed by atoms with van der Waals surface area (Å²) in [5.74, 6) is 0.385. The molecule has 6 N–H and O–H groups in total. The number of aromatic hydroxyl groups is 1. The maximum Gasteiger partial charge on any atom is 0.252 e. The molecular weight excluding hydrogens is 604 g/mol. The molecule has 0 radical (unpaired) electrons. The Labute approximate surface area is 279 Å². The average Bonchev–Trinajstić information content (AvgIpc) is 3.59. The zero-order valence-electron chi connectivity index (χ0n) is 27.5. The number of carbonyl (C=O) groups excluding carboxylic acids is 1. The van der Waals surface area contributed by atoms with Gasteiger partial charge in [0.25, 0.3) is 5.91 Å². The molecule has 3 aromatic carbocycles. The first kappa shape index (κ1) is 32.3. The number of hydrogen-bond acceptors (Lipinski definition) is 6. The smallest absolute Gasteiger partial charge is 0.252 e. The molecule has 1 fully saturated rings. The van der Waals surface area contributed by atoms with Crippen LogP contribution in [0.2, 0.25) is 0 Å². The van der Waals surface area contributed by atoms with Crippen LogP contribution in [0.15, 0.2) is 94.1 Å². The molecular formula is C38H40N6O4. The van der Waals surface area contributed by atoms with Gasteiger partial charge in [0.1, 0.15) is 17.1 Å². The van der Waals surface area contributed by atoms with E-state index in [1.54, 1.807) is 24.3 Å². The van der Waals surface area contributed by atoms with E-state index in [0.717, 1.165) is 37.1 Å². The Bertz CT molecular complexity index is 2060. The zero-order valence-corrected chi connectivity index (χ0v) is 27.5. The standard InChI is InChI=1S/C38H40N6O4/c1-37(2,23-11-13-24(14-12-23)41-35(39)42-36(40)44-19-7-8-20-44)38(3,4)43-34(47)28-10-6-5-9-27(28)33-29-17-15-25(45)21-31(29)48-32-22-26(46)16-18-30(32)33/h5-6,9-18,21-22,45H,7-8,19-20H2,1-4H3,(H,43,47)(H4,39,40,41,42). The van der Waals surface area contributed by atoms with Crippen LogP contribution in [-0.4, -0.2) is 46.5 Å². The second-order valence-electron chi connectivity index (χ2n) is 13.3. The Morgan fingerprint density at radius 1 is 0.875 bits per heavy atom. The third-order valence-corrected chi connectivity index (χ3v) is 9.65. The lowest BCUT2D eigenvalue weighted by molar-refractivity contribution is 0.0873. The molecule has 10 heteroatoms. The lowest BCUT2D eigenvalue weighted by Gasteiger charge is -2.43. The number of rotatable bonds is 6. The minimum Gasteiger partial charge on any atom is -0.508 e. The quantitative estimate of drug-likeness (QED) is 0.0681. The first-order valence-electron chi connectivity index (χ1n) is 16.0. The van der Waals surface area contributed by atoms with Gasteiger partial charge in [0, 0.05) is 63.9 Å². The minimum atomic E-state index is -0.718. The van der Waals surface area contributed by atoms with Gasteiger partial charge in [0.05, 0.1) is 0 Å². The number of likely N-dealkylation sites (tertiary alicyclic amines) is 1. The van der Waals surface area contributed by atoms with Crippen LogP contribution in [-0.2, 0) is 5.41 Å². The molecule has 0 spiro atoms. The average molecular weight is 645 g/mol. The lowest BCUT2D eigenvalue weighted by Crippen LogP contribution is -2.56. The Balaban J connectivity index is 1.25. The number of benzene rings is 4. The second kappa shape index (κ2) is 12.5. The summed E-state index contributed by atoms with van der Waals surface area (Å²) in [5.41, 5.74) is 3.19. The molecule has 1 saturated heterocycles. The van der Waals surface area contributed by atoms with Crippen molar-refractivity contribution in [2.75, 3.05) is 18.4 Å². The molecule has 0 atom stereocenters. The normalized spacial score (nSPS) is 13.5. The number of hydrogen-bond donors (Lipinski definition) is 6. The zero-order chi connectivity index (χ0) is 34.2. The van der Waals surface area contributed by atoms with Gasteiger partial charge in [-0.2, -0.15) is 0 Å². The summed E-state index contributed by atoms with van der Waals surface area (Å²) >= 11 is 0. The highest BCUT2D eigenvalue weighted by Gasteiger charge is 2.40. The highest BCUT2D eigenvalue weighted by Crippen LogP contribution is 2.42. The summed E-state index contributed by atoms with van der Waals surface area (Å²) in [5, 5.41) is 36.5. The van der Waals surface area contributed by atoms with E-state index in [4.69, 9.17) is 15.2 Å². The van der Waals surface area contributed by atoms with E-state index >= 15 is 0 Å². The lowest BCUT2D eigenvalue weighted by atomic mass is 9.69. The van der Waals surface area contributed by atoms with Crippen LogP contribution in [0, 0.1) is 10.8 Å². The third kappa shape index (κ3) is 6.21. The second-order valence-corrected chi connectivity index (χ2v) is 13.3. The number of nitrogens with zero attached hydrogens (tertiary/aromatic N) is 1. The molecule has 1 aliphatic carbocycles. The molecule has 0 aromatic heterocycles. The molecule has 0 unspecified atom stereocenters. The van der Waals surface area contributed by atoms with Gasteiger partial charge < -0.3 is 25.1 Å². The Morgan fingerprint density at radius 3 is 2.31 bits per heavy atom. The van der Waals surface area contributed by atoms with E-state index in [1.165, 1.54) is 18.2 Å². The van der Waals surface area contributed by atoms with Crippen LogP contribution in [0.4, 0.5) is 5.69 Å². The van der Waals surface area contributed by atoms with Crippen molar-refractivity contribution in [2.24, 2.45) is 0 Å². The summed E-state index contributed by atoms with van der Waals surface area (Å²) in [4.78, 5) is 28.3. The maximum absolute atomic E-state index is 14.2. The van der Waals surface area contributed by atoms with Crippen molar-refractivity contribution >= 4 is 34.5 Å². The van der Waals surface area contributed by atoms with Crippen LogP contribution >= 0.6 is 0 Å². The number of phenols is 1. The molecule has 3 aliphatic rings. The van der Waals surface area contributed by atoms with Crippen LogP contribution in [0.5, 0.6) is 5.75 Å². The van der Waals surface area contributed by atoms with Gasteiger partial charge in [-0.25, -0.2) is 0 Å². The summed E-state index contributed by atoms with van der Waals surface area (Å²) in [6.45, 7) is 9.80. The molecule has 0 bridgehead atoms. The third-order valence-electron chi connectivity index (χ3n) is 9.65. The van der Waals surface area contributed by atoms with Crippen molar-refractivity contribution < 1.29 is 14.3 Å². The SMILES string of the molecule is CC(C)(NC(=O)c1ccccc1-c1c2ccc(=O)cc-2oc2cc(O)ccc12)C(C)(C)c1ccc(NC(=N)NC(=N)N2CCCC2)cc1. The Morgan fingerprint density at radius 2 is 1.58 bits per heavy atom. The Hall–Kier alpha value is -5.64. The van der Waals surface area contributed by atoms with Crippen molar-refractivity contribution in [2.45, 2.75) is 51.5 Å². The molecule has 2 aliphatic heterocycles. The number of fused-ring (bicyclic) bond motifs is 2. The highest BCUT2D eigenvalue weighted by molar-refractivity contribution is 6.09. The van der Waals surface area contributed by atoms with E-state index in [-0.39, 0.29) is 29.0 Å². The minimum absolute atomic E-state index is 0.0293. The van der Waals surface area contributed by atoms with Crippen LogP contribution in [0.25, 0.3) is 33.4 Å². The molecule has 10 nitrogen and oxygen atoms in total. The van der Waals surface area contributed by atoms with E-state index in [1.807, 2.05) is 61.2 Å². The van der Waals surface area contributed by atoms with Crippen LogP contribution in [0.3, 0.4) is 0 Å². The molecule has 2 heterocycles. The van der Waals surface area contributed by atoms with E-state index in [0.29, 0.717) is 39.1 Å². The highest BCUT2D eigenvalue weighted by atomic mass is 16.3. The molecule has 0 saturated carbocycles. The Kier molecular flexibility index (Phi) is 8.43. The number of phenolic OH excluding ortho intramolecular Hbond substituents is 1.